The maximum Gasteiger partial charge on any atom is 0.251 e. The number of hydrogen-bond acceptors (Lipinski definition) is 3. The molecule has 0 spiro atoms. The van der Waals surface area contributed by atoms with Crippen molar-refractivity contribution in [3.8, 4) is 5.75 Å². The molecular weight excluding hydrogens is 352 g/mol. The normalized spacial score (nSPS) is 13.8. The van der Waals surface area contributed by atoms with E-state index in [9.17, 15) is 9.59 Å². The predicted octanol–water partition coefficient (Wildman–Crippen LogP) is 3.74. The number of hydrogen-bond donors (Lipinski definition) is 1. The molecule has 0 saturated carbocycles. The second kappa shape index (κ2) is 9.40. The van der Waals surface area contributed by atoms with Gasteiger partial charge in [-0.2, -0.15) is 0 Å². The molecule has 0 atom stereocenters. The summed E-state index contributed by atoms with van der Waals surface area (Å²) >= 11 is 0. The molecule has 5 nitrogen and oxygen atoms in total. The van der Waals surface area contributed by atoms with E-state index in [1.807, 2.05) is 35.2 Å². The van der Waals surface area contributed by atoms with E-state index in [2.05, 4.69) is 25.2 Å². The van der Waals surface area contributed by atoms with Crippen LogP contribution >= 0.6 is 0 Å². The van der Waals surface area contributed by atoms with Gasteiger partial charge in [0.1, 0.15) is 12.4 Å². The van der Waals surface area contributed by atoms with E-state index in [4.69, 9.17) is 4.74 Å². The Morgan fingerprint density at radius 3 is 2.57 bits per heavy atom. The summed E-state index contributed by atoms with van der Waals surface area (Å²) in [5, 5.41) is 2.89. The van der Waals surface area contributed by atoms with Gasteiger partial charge in [0.25, 0.3) is 5.91 Å². The van der Waals surface area contributed by atoms with Crippen LogP contribution < -0.4 is 10.1 Å². The molecule has 0 radical (unpaired) electrons. The van der Waals surface area contributed by atoms with Crippen molar-refractivity contribution >= 4 is 11.8 Å². The fraction of sp³-hybridized carbons (Fsp3) is 0.391. The van der Waals surface area contributed by atoms with Gasteiger partial charge in [-0.15, -0.1) is 0 Å². The van der Waals surface area contributed by atoms with Crippen LogP contribution in [-0.4, -0.2) is 36.4 Å². The number of likely N-dealkylation sites (tertiary alicyclic amines) is 1. The minimum absolute atomic E-state index is 0.121. The Bertz CT molecular complexity index is 815. The number of carbonyl (C=O) groups excluding carboxylic acids is 2. The lowest BCUT2D eigenvalue weighted by atomic mass is 10.0. The van der Waals surface area contributed by atoms with Crippen LogP contribution in [0.1, 0.15) is 54.1 Å². The molecule has 1 aliphatic rings. The highest BCUT2D eigenvalue weighted by Gasteiger charge is 2.20. The molecule has 1 saturated heterocycles. The van der Waals surface area contributed by atoms with Crippen LogP contribution in [0.15, 0.2) is 48.5 Å². The van der Waals surface area contributed by atoms with Crippen molar-refractivity contribution < 1.29 is 14.3 Å². The first-order chi connectivity index (χ1) is 13.5. The number of nitrogens with one attached hydrogen (secondary N) is 1. The van der Waals surface area contributed by atoms with E-state index in [-0.39, 0.29) is 11.8 Å². The second-order valence-corrected chi connectivity index (χ2v) is 7.41. The molecule has 2 aromatic rings. The summed E-state index contributed by atoms with van der Waals surface area (Å²) < 4.78 is 5.84. The van der Waals surface area contributed by atoms with E-state index < -0.39 is 0 Å². The molecule has 0 aromatic heterocycles. The minimum atomic E-state index is -0.121. The highest BCUT2D eigenvalue weighted by molar-refractivity contribution is 5.94. The van der Waals surface area contributed by atoms with Gasteiger partial charge in [0.15, 0.2) is 0 Å². The lowest BCUT2D eigenvalue weighted by molar-refractivity contribution is -0.128. The topological polar surface area (TPSA) is 58.6 Å². The quantitative estimate of drug-likeness (QED) is 0.710. The Hall–Kier alpha value is -2.82. The minimum Gasteiger partial charge on any atom is -0.491 e. The Balaban J connectivity index is 1.45. The molecule has 2 amide bonds. The number of amides is 2. The van der Waals surface area contributed by atoms with Crippen LogP contribution in [0.25, 0.3) is 0 Å². The van der Waals surface area contributed by atoms with Crippen molar-refractivity contribution in [3.05, 3.63) is 65.2 Å². The number of carbonyl (C=O) groups is 2. The fourth-order valence-corrected chi connectivity index (χ4v) is 3.37. The number of benzene rings is 2. The van der Waals surface area contributed by atoms with E-state index in [0.29, 0.717) is 37.6 Å². The maximum atomic E-state index is 12.3. The monoisotopic (exact) mass is 380 g/mol. The molecule has 0 unspecified atom stereocenters. The largest absolute Gasteiger partial charge is 0.491 e. The van der Waals surface area contributed by atoms with Crippen LogP contribution in [0, 0.1) is 0 Å². The molecule has 28 heavy (non-hydrogen) atoms. The van der Waals surface area contributed by atoms with Crippen LogP contribution in [0.5, 0.6) is 5.75 Å². The van der Waals surface area contributed by atoms with Crippen LogP contribution in [0.2, 0.25) is 0 Å². The Morgan fingerprint density at radius 1 is 1.14 bits per heavy atom. The zero-order valence-electron chi connectivity index (χ0n) is 16.6. The Labute approximate surface area is 166 Å². The maximum absolute atomic E-state index is 12.3. The molecule has 1 fully saturated rings. The summed E-state index contributed by atoms with van der Waals surface area (Å²) in [5.74, 6) is 1.35. The van der Waals surface area contributed by atoms with Gasteiger partial charge in [0.2, 0.25) is 5.91 Å². The number of para-hydroxylation sites is 1. The molecule has 5 heteroatoms. The second-order valence-electron chi connectivity index (χ2n) is 7.41. The first kappa shape index (κ1) is 19.9. The Kier molecular flexibility index (Phi) is 6.69. The Morgan fingerprint density at radius 2 is 1.89 bits per heavy atom. The van der Waals surface area contributed by atoms with E-state index in [1.165, 1.54) is 5.56 Å². The lowest BCUT2D eigenvalue weighted by Gasteiger charge is -2.15. The zero-order valence-corrected chi connectivity index (χ0v) is 16.6. The summed E-state index contributed by atoms with van der Waals surface area (Å²) in [6, 6.07) is 15.4. The molecule has 0 bridgehead atoms. The molecular formula is C23H28N2O3. The number of ether oxygens (including phenoxy) is 1. The average Bonchev–Trinajstić information content (AvgIpc) is 3.10. The molecule has 2 aromatic carbocycles. The lowest BCUT2D eigenvalue weighted by Crippen LogP contribution is -2.28. The summed E-state index contributed by atoms with van der Waals surface area (Å²) in [7, 11) is 0. The van der Waals surface area contributed by atoms with Crippen molar-refractivity contribution in [3.63, 3.8) is 0 Å². The van der Waals surface area contributed by atoms with E-state index >= 15 is 0 Å². The van der Waals surface area contributed by atoms with Crippen LogP contribution in [0.4, 0.5) is 0 Å². The van der Waals surface area contributed by atoms with Crippen molar-refractivity contribution in [2.75, 3.05) is 19.7 Å². The van der Waals surface area contributed by atoms with Crippen LogP contribution in [0.3, 0.4) is 0 Å². The van der Waals surface area contributed by atoms with Crippen molar-refractivity contribution in [1.82, 2.24) is 10.2 Å². The zero-order chi connectivity index (χ0) is 19.9. The highest BCUT2D eigenvalue weighted by atomic mass is 16.5. The third-order valence-electron chi connectivity index (χ3n) is 4.95. The summed E-state index contributed by atoms with van der Waals surface area (Å²) in [4.78, 5) is 25.9. The summed E-state index contributed by atoms with van der Waals surface area (Å²) in [6.07, 6.45) is 1.58. The molecule has 1 heterocycles. The summed E-state index contributed by atoms with van der Waals surface area (Å²) in [6.45, 7) is 6.56. The van der Waals surface area contributed by atoms with Gasteiger partial charge in [-0.3, -0.25) is 9.59 Å². The fourth-order valence-electron chi connectivity index (χ4n) is 3.37. The molecule has 1 aliphatic heterocycles. The van der Waals surface area contributed by atoms with Crippen molar-refractivity contribution in [2.45, 2.75) is 39.2 Å². The average molecular weight is 380 g/mol. The number of nitrogens with zero attached hydrogens (tertiary/aromatic N) is 1. The highest BCUT2D eigenvalue weighted by Crippen LogP contribution is 2.25. The van der Waals surface area contributed by atoms with Crippen molar-refractivity contribution in [2.24, 2.45) is 0 Å². The van der Waals surface area contributed by atoms with Gasteiger partial charge in [-0.05, 0) is 41.7 Å². The van der Waals surface area contributed by atoms with Gasteiger partial charge in [-0.1, -0.05) is 44.2 Å². The third kappa shape index (κ3) is 5.12. The van der Waals surface area contributed by atoms with Crippen LogP contribution in [-0.2, 0) is 11.3 Å². The molecule has 0 aliphatic carbocycles. The van der Waals surface area contributed by atoms with Gasteiger partial charge in [0, 0.05) is 25.1 Å². The molecule has 3 rings (SSSR count). The third-order valence-corrected chi connectivity index (χ3v) is 4.95. The van der Waals surface area contributed by atoms with Gasteiger partial charge in [-0.25, -0.2) is 0 Å². The van der Waals surface area contributed by atoms with Crippen molar-refractivity contribution in [1.29, 1.82) is 0 Å². The predicted molar refractivity (Wildman–Crippen MR) is 109 cm³/mol. The van der Waals surface area contributed by atoms with Gasteiger partial charge >= 0.3 is 0 Å². The standard InChI is InChI=1S/C23H28N2O3/c1-17(2)20-6-3-4-7-21(20)28-15-13-24-23(27)19-11-9-18(10-12-19)16-25-14-5-8-22(25)26/h3-4,6-7,9-12,17H,5,8,13-16H2,1-2H3,(H,24,27). The molecule has 148 valence electrons. The van der Waals surface area contributed by atoms with E-state index in [1.54, 1.807) is 12.1 Å². The first-order valence-electron chi connectivity index (χ1n) is 9.91. The number of rotatable bonds is 8. The van der Waals surface area contributed by atoms with E-state index in [0.717, 1.165) is 24.3 Å². The molecule has 1 N–H and O–H groups in total. The van der Waals surface area contributed by atoms with Gasteiger partial charge in [0.05, 0.1) is 6.54 Å². The smallest absolute Gasteiger partial charge is 0.251 e. The SMILES string of the molecule is CC(C)c1ccccc1OCCNC(=O)c1ccc(CN2CCCC2=O)cc1. The summed E-state index contributed by atoms with van der Waals surface area (Å²) in [5.41, 5.74) is 2.82. The van der Waals surface area contributed by atoms with Gasteiger partial charge < -0.3 is 15.0 Å². The first-order valence-corrected chi connectivity index (χ1v) is 9.91.